The Morgan fingerprint density at radius 1 is 1.24 bits per heavy atom. The first kappa shape index (κ1) is 25.1. The molecule has 3 heterocycles. The number of likely N-dealkylation sites (tertiary alicyclic amines) is 1. The van der Waals surface area contributed by atoms with Gasteiger partial charge < -0.3 is 20.3 Å². The van der Waals surface area contributed by atoms with Gasteiger partial charge >= 0.3 is 12.3 Å². The maximum Gasteiger partial charge on any atom is 0.419 e. The van der Waals surface area contributed by atoms with Crippen LogP contribution in [-0.4, -0.2) is 64.4 Å². The number of hydrogen-bond acceptors (Lipinski definition) is 6. The van der Waals surface area contributed by atoms with E-state index < -0.39 is 27.9 Å². The smallest absolute Gasteiger partial charge is 0.419 e. The SMILES string of the molecule is O=C(O)N1CCC[C@H](Nc2ncc(C(F)(F)F)c(-c3c[nH]c4c(NS(=O)(=O)CC5CC5)cccc34)n2)C1. The number of hydrogen-bond donors (Lipinski definition) is 4. The fraction of sp³-hybridized carbons (Fsp3) is 0.435. The molecule has 5 rings (SSSR count). The number of alkyl halides is 3. The number of rotatable bonds is 7. The Kier molecular flexibility index (Phi) is 6.38. The van der Waals surface area contributed by atoms with Gasteiger partial charge in [-0.05, 0) is 37.7 Å². The normalized spacial score (nSPS) is 18.7. The summed E-state index contributed by atoms with van der Waals surface area (Å²) in [6.07, 6.45) is -0.829. The van der Waals surface area contributed by atoms with Crippen LogP contribution in [0.15, 0.2) is 30.6 Å². The summed E-state index contributed by atoms with van der Waals surface area (Å²) in [5, 5.41) is 12.6. The van der Waals surface area contributed by atoms with Crippen LogP contribution in [0.2, 0.25) is 0 Å². The summed E-state index contributed by atoms with van der Waals surface area (Å²) in [5.74, 6) is 0.0659. The molecular weight excluding hydrogens is 513 g/mol. The van der Waals surface area contributed by atoms with Gasteiger partial charge in [0.25, 0.3) is 0 Å². The highest BCUT2D eigenvalue weighted by atomic mass is 32.2. The van der Waals surface area contributed by atoms with Gasteiger partial charge in [-0.2, -0.15) is 13.2 Å². The fourth-order valence-corrected chi connectivity index (χ4v) is 6.10. The molecule has 0 bridgehead atoms. The zero-order valence-corrected chi connectivity index (χ0v) is 20.4. The number of benzene rings is 1. The third-order valence-electron chi connectivity index (χ3n) is 6.51. The summed E-state index contributed by atoms with van der Waals surface area (Å²) in [6, 6.07) is 4.33. The van der Waals surface area contributed by atoms with E-state index in [0.29, 0.717) is 36.5 Å². The molecule has 2 aliphatic rings. The van der Waals surface area contributed by atoms with Crippen LogP contribution in [0.3, 0.4) is 0 Å². The largest absolute Gasteiger partial charge is 0.465 e. The van der Waals surface area contributed by atoms with Gasteiger partial charge in [-0.25, -0.2) is 23.2 Å². The van der Waals surface area contributed by atoms with Gasteiger partial charge in [0.15, 0.2) is 0 Å². The Morgan fingerprint density at radius 2 is 2.03 bits per heavy atom. The maximum atomic E-state index is 13.9. The van der Waals surface area contributed by atoms with Crippen molar-refractivity contribution < 1.29 is 31.5 Å². The van der Waals surface area contributed by atoms with Crippen molar-refractivity contribution in [3.05, 3.63) is 36.2 Å². The van der Waals surface area contributed by atoms with Gasteiger partial charge in [0, 0.05) is 42.5 Å². The number of anilines is 2. The van der Waals surface area contributed by atoms with Crippen LogP contribution in [-0.2, 0) is 16.2 Å². The van der Waals surface area contributed by atoms with E-state index in [1.54, 1.807) is 18.2 Å². The summed E-state index contributed by atoms with van der Waals surface area (Å²) in [7, 11) is -3.61. The number of aromatic nitrogens is 3. The van der Waals surface area contributed by atoms with Crippen LogP contribution in [0.5, 0.6) is 0 Å². The third kappa shape index (κ3) is 5.58. The lowest BCUT2D eigenvalue weighted by atomic mass is 10.0. The monoisotopic (exact) mass is 538 g/mol. The van der Waals surface area contributed by atoms with E-state index in [-0.39, 0.29) is 47.2 Å². The summed E-state index contributed by atoms with van der Waals surface area (Å²) in [6.45, 7) is 0.543. The molecule has 37 heavy (non-hydrogen) atoms. The molecule has 4 N–H and O–H groups in total. The molecule has 14 heteroatoms. The Hall–Kier alpha value is -3.55. The van der Waals surface area contributed by atoms with E-state index in [9.17, 15) is 31.5 Å². The van der Waals surface area contributed by atoms with E-state index in [4.69, 9.17) is 0 Å². The second-order valence-corrected chi connectivity index (χ2v) is 11.2. The second kappa shape index (κ2) is 9.39. The lowest BCUT2D eigenvalue weighted by molar-refractivity contribution is -0.137. The molecule has 3 aromatic rings. The van der Waals surface area contributed by atoms with Crippen molar-refractivity contribution in [3.63, 3.8) is 0 Å². The van der Waals surface area contributed by atoms with E-state index >= 15 is 0 Å². The van der Waals surface area contributed by atoms with E-state index in [1.807, 2.05) is 0 Å². The van der Waals surface area contributed by atoms with E-state index in [2.05, 4.69) is 25.0 Å². The molecule has 0 radical (unpaired) electrons. The molecule has 2 aromatic heterocycles. The minimum atomic E-state index is -4.74. The molecule has 198 valence electrons. The number of nitrogens with one attached hydrogen (secondary N) is 3. The Morgan fingerprint density at radius 3 is 2.73 bits per heavy atom. The molecule has 1 atom stereocenters. The highest BCUT2D eigenvalue weighted by Gasteiger charge is 2.36. The van der Waals surface area contributed by atoms with Crippen molar-refractivity contribution in [2.24, 2.45) is 5.92 Å². The lowest BCUT2D eigenvalue weighted by Crippen LogP contribution is -2.44. The Bertz CT molecular complexity index is 1440. The topological polar surface area (TPSA) is 140 Å². The number of piperidine rings is 1. The Balaban J connectivity index is 1.50. The number of nitrogens with zero attached hydrogens (tertiary/aromatic N) is 3. The van der Waals surface area contributed by atoms with Gasteiger partial charge in [0.2, 0.25) is 16.0 Å². The molecule has 2 fully saturated rings. The lowest BCUT2D eigenvalue weighted by Gasteiger charge is -2.31. The van der Waals surface area contributed by atoms with E-state index in [1.165, 1.54) is 11.1 Å². The highest BCUT2D eigenvalue weighted by Crippen LogP contribution is 2.40. The van der Waals surface area contributed by atoms with Crippen molar-refractivity contribution in [2.75, 3.05) is 28.9 Å². The molecule has 1 amide bonds. The average molecular weight is 539 g/mol. The molecule has 0 spiro atoms. The molecule has 1 saturated heterocycles. The van der Waals surface area contributed by atoms with Crippen LogP contribution >= 0.6 is 0 Å². The molecular formula is C23H25F3N6O4S. The summed E-state index contributed by atoms with van der Waals surface area (Å²) in [4.78, 5) is 23.5. The second-order valence-electron chi connectivity index (χ2n) is 9.42. The number of carboxylic acid groups (broad SMARTS) is 1. The van der Waals surface area contributed by atoms with Crippen molar-refractivity contribution >= 4 is 38.7 Å². The van der Waals surface area contributed by atoms with Crippen LogP contribution < -0.4 is 10.0 Å². The first-order chi connectivity index (χ1) is 17.5. The van der Waals surface area contributed by atoms with Gasteiger partial charge in [0.1, 0.15) is 5.56 Å². The van der Waals surface area contributed by atoms with Gasteiger partial charge in [0.05, 0.1) is 22.7 Å². The molecule has 1 saturated carbocycles. The Labute approximate surface area is 210 Å². The molecule has 1 aliphatic heterocycles. The van der Waals surface area contributed by atoms with Gasteiger partial charge in [-0.3, -0.25) is 4.72 Å². The molecule has 1 aliphatic carbocycles. The van der Waals surface area contributed by atoms with Crippen LogP contribution in [0.25, 0.3) is 22.2 Å². The zero-order valence-electron chi connectivity index (χ0n) is 19.5. The number of H-pyrrole nitrogens is 1. The predicted molar refractivity (Wildman–Crippen MR) is 131 cm³/mol. The average Bonchev–Trinajstić information content (AvgIpc) is 3.51. The fourth-order valence-electron chi connectivity index (χ4n) is 4.55. The number of amides is 1. The first-order valence-electron chi connectivity index (χ1n) is 11.8. The summed E-state index contributed by atoms with van der Waals surface area (Å²) < 4.78 is 69.3. The van der Waals surface area contributed by atoms with Gasteiger partial charge in [-0.1, -0.05) is 12.1 Å². The quantitative estimate of drug-likeness (QED) is 0.351. The van der Waals surface area contributed by atoms with Gasteiger partial charge in [-0.15, -0.1) is 0 Å². The summed E-state index contributed by atoms with van der Waals surface area (Å²) >= 11 is 0. The zero-order chi connectivity index (χ0) is 26.4. The molecule has 1 aromatic carbocycles. The predicted octanol–water partition coefficient (Wildman–Crippen LogP) is 4.35. The first-order valence-corrected chi connectivity index (χ1v) is 13.4. The number of halogens is 3. The number of sulfonamides is 1. The van der Waals surface area contributed by atoms with Crippen LogP contribution in [0.4, 0.5) is 29.6 Å². The number of aromatic amines is 1. The van der Waals surface area contributed by atoms with Crippen LogP contribution in [0.1, 0.15) is 31.2 Å². The van der Waals surface area contributed by atoms with Crippen molar-refractivity contribution in [1.29, 1.82) is 0 Å². The third-order valence-corrected chi connectivity index (χ3v) is 7.95. The number of para-hydroxylation sites is 1. The van der Waals surface area contributed by atoms with Crippen molar-refractivity contribution in [3.8, 4) is 11.3 Å². The summed E-state index contributed by atoms with van der Waals surface area (Å²) in [5.41, 5.74) is -0.717. The maximum absolute atomic E-state index is 13.9. The van der Waals surface area contributed by atoms with E-state index in [0.717, 1.165) is 12.8 Å². The van der Waals surface area contributed by atoms with Crippen molar-refractivity contribution in [2.45, 2.75) is 37.9 Å². The van der Waals surface area contributed by atoms with Crippen LogP contribution in [0, 0.1) is 5.92 Å². The molecule has 10 nitrogen and oxygen atoms in total. The van der Waals surface area contributed by atoms with Crippen molar-refractivity contribution in [1.82, 2.24) is 19.9 Å². The minimum Gasteiger partial charge on any atom is -0.465 e. The standard InChI is InChI=1S/C23H25F3N6O4S/c24-23(25,26)17-10-28-21(29-14-3-2-8-32(11-14)22(33)34)30-19(17)16-9-27-20-15(16)4-1-5-18(20)31-37(35,36)12-13-6-7-13/h1,4-5,9-10,13-14,27,31H,2-3,6-8,11-12H2,(H,33,34)(H,28,29,30)/t14-/m0/s1. The minimum absolute atomic E-state index is 0.00338. The molecule has 0 unspecified atom stereocenters. The highest BCUT2D eigenvalue weighted by molar-refractivity contribution is 7.92. The number of fused-ring (bicyclic) bond motifs is 1. The number of carbonyl (C=O) groups is 1.